The fourth-order valence-electron chi connectivity index (χ4n) is 1.47. The molecule has 2 rings (SSSR count). The summed E-state index contributed by atoms with van der Waals surface area (Å²) in [5.41, 5.74) is 0.616. The standard InChI is InChI=1S/C14H9F2NO/c15-11-3-1-2-4-13(11)18-14-9-10(7-8-17)5-6-12(14)16/h1-6,9H,7H2. The van der Waals surface area contributed by atoms with Gasteiger partial charge in [0.25, 0.3) is 0 Å². The second kappa shape index (κ2) is 5.28. The Balaban J connectivity index is 2.31. The lowest BCUT2D eigenvalue weighted by atomic mass is 10.1. The molecule has 0 atom stereocenters. The molecule has 0 saturated carbocycles. The number of hydrogen-bond acceptors (Lipinski definition) is 2. The highest BCUT2D eigenvalue weighted by Gasteiger charge is 2.09. The highest BCUT2D eigenvalue weighted by atomic mass is 19.1. The van der Waals surface area contributed by atoms with Crippen molar-refractivity contribution >= 4 is 0 Å². The van der Waals surface area contributed by atoms with Gasteiger partial charge in [-0.05, 0) is 29.8 Å². The largest absolute Gasteiger partial charge is 0.451 e. The van der Waals surface area contributed by atoms with Crippen LogP contribution in [0, 0.1) is 23.0 Å². The van der Waals surface area contributed by atoms with Gasteiger partial charge in [-0.25, -0.2) is 8.78 Å². The van der Waals surface area contributed by atoms with Gasteiger partial charge in [0.05, 0.1) is 12.5 Å². The molecule has 0 radical (unpaired) electrons. The van der Waals surface area contributed by atoms with Crippen LogP contribution < -0.4 is 4.74 Å². The minimum Gasteiger partial charge on any atom is -0.451 e. The third kappa shape index (κ3) is 2.64. The van der Waals surface area contributed by atoms with Crippen molar-refractivity contribution in [1.82, 2.24) is 0 Å². The van der Waals surface area contributed by atoms with Crippen LogP contribution >= 0.6 is 0 Å². The molecule has 90 valence electrons. The Morgan fingerprint density at radius 3 is 2.44 bits per heavy atom. The van der Waals surface area contributed by atoms with E-state index in [1.807, 2.05) is 6.07 Å². The fourth-order valence-corrected chi connectivity index (χ4v) is 1.47. The van der Waals surface area contributed by atoms with Gasteiger partial charge in [-0.1, -0.05) is 18.2 Å². The van der Waals surface area contributed by atoms with E-state index in [-0.39, 0.29) is 17.9 Å². The van der Waals surface area contributed by atoms with E-state index >= 15 is 0 Å². The van der Waals surface area contributed by atoms with Crippen molar-refractivity contribution < 1.29 is 13.5 Å². The minimum absolute atomic E-state index is 0.0505. The molecular weight excluding hydrogens is 236 g/mol. The number of hydrogen-bond donors (Lipinski definition) is 0. The first-order valence-corrected chi connectivity index (χ1v) is 5.28. The number of halogens is 2. The van der Waals surface area contributed by atoms with Gasteiger partial charge in [0.2, 0.25) is 0 Å². The van der Waals surface area contributed by atoms with Gasteiger partial charge < -0.3 is 4.74 Å². The molecule has 0 aliphatic carbocycles. The summed E-state index contributed by atoms with van der Waals surface area (Å²) in [6, 6.07) is 11.8. The second-order valence-electron chi connectivity index (χ2n) is 3.63. The van der Waals surface area contributed by atoms with E-state index in [9.17, 15) is 8.78 Å². The molecule has 0 spiro atoms. The molecule has 0 saturated heterocycles. The molecule has 0 amide bonds. The summed E-state index contributed by atoms with van der Waals surface area (Å²) in [6.07, 6.45) is 0.147. The zero-order chi connectivity index (χ0) is 13.0. The van der Waals surface area contributed by atoms with Crippen LogP contribution in [0.15, 0.2) is 42.5 Å². The van der Waals surface area contributed by atoms with Crippen molar-refractivity contribution in [3.63, 3.8) is 0 Å². The topological polar surface area (TPSA) is 33.0 Å². The molecule has 0 bridgehead atoms. The van der Waals surface area contributed by atoms with Gasteiger partial charge >= 0.3 is 0 Å². The molecule has 0 aromatic heterocycles. The second-order valence-corrected chi connectivity index (χ2v) is 3.63. The number of nitrogens with zero attached hydrogens (tertiary/aromatic N) is 1. The van der Waals surface area contributed by atoms with E-state index in [1.165, 1.54) is 36.4 Å². The molecule has 2 aromatic carbocycles. The Hall–Kier alpha value is -2.41. The first-order chi connectivity index (χ1) is 8.70. The van der Waals surface area contributed by atoms with Crippen molar-refractivity contribution in [2.75, 3.05) is 0 Å². The van der Waals surface area contributed by atoms with Gasteiger partial charge in [0.1, 0.15) is 0 Å². The quantitative estimate of drug-likeness (QED) is 0.823. The Morgan fingerprint density at radius 2 is 1.72 bits per heavy atom. The van der Waals surface area contributed by atoms with Crippen LogP contribution in [0.5, 0.6) is 11.5 Å². The highest BCUT2D eigenvalue weighted by molar-refractivity contribution is 5.36. The molecule has 4 heteroatoms. The lowest BCUT2D eigenvalue weighted by molar-refractivity contribution is 0.414. The summed E-state index contributed by atoms with van der Waals surface area (Å²) in [7, 11) is 0. The normalized spacial score (nSPS) is 9.83. The summed E-state index contributed by atoms with van der Waals surface area (Å²) >= 11 is 0. The summed E-state index contributed by atoms with van der Waals surface area (Å²) in [6.45, 7) is 0. The first kappa shape index (κ1) is 12.1. The van der Waals surface area contributed by atoms with E-state index in [0.29, 0.717) is 5.56 Å². The number of nitriles is 1. The summed E-state index contributed by atoms with van der Waals surface area (Å²) in [4.78, 5) is 0. The summed E-state index contributed by atoms with van der Waals surface area (Å²) in [5.74, 6) is -1.30. The van der Waals surface area contributed by atoms with Crippen molar-refractivity contribution in [1.29, 1.82) is 5.26 Å². The van der Waals surface area contributed by atoms with Crippen molar-refractivity contribution in [3.8, 4) is 17.6 Å². The Labute approximate surface area is 103 Å². The maximum absolute atomic E-state index is 13.5. The predicted octanol–water partition coefficient (Wildman–Crippen LogP) is 3.82. The van der Waals surface area contributed by atoms with Gasteiger partial charge in [0.15, 0.2) is 23.1 Å². The van der Waals surface area contributed by atoms with E-state index in [2.05, 4.69) is 0 Å². The summed E-state index contributed by atoms with van der Waals surface area (Å²) < 4.78 is 32.0. The summed E-state index contributed by atoms with van der Waals surface area (Å²) in [5, 5.41) is 8.57. The molecule has 2 nitrogen and oxygen atoms in total. The lowest BCUT2D eigenvalue weighted by Gasteiger charge is -2.08. The molecular formula is C14H9F2NO. The maximum Gasteiger partial charge on any atom is 0.165 e. The molecule has 18 heavy (non-hydrogen) atoms. The number of rotatable bonds is 3. The number of ether oxygens (including phenoxy) is 1. The zero-order valence-electron chi connectivity index (χ0n) is 9.36. The first-order valence-electron chi connectivity index (χ1n) is 5.28. The van der Waals surface area contributed by atoms with Crippen molar-refractivity contribution in [2.45, 2.75) is 6.42 Å². The minimum atomic E-state index is -0.597. The molecule has 0 fully saturated rings. The smallest absolute Gasteiger partial charge is 0.165 e. The van der Waals surface area contributed by atoms with E-state index in [4.69, 9.17) is 10.00 Å². The van der Waals surface area contributed by atoms with Gasteiger partial charge in [0, 0.05) is 0 Å². The van der Waals surface area contributed by atoms with E-state index in [0.717, 1.165) is 0 Å². The van der Waals surface area contributed by atoms with Crippen molar-refractivity contribution in [2.24, 2.45) is 0 Å². The molecule has 0 unspecified atom stereocenters. The van der Waals surface area contributed by atoms with Gasteiger partial charge in [-0.3, -0.25) is 0 Å². The van der Waals surface area contributed by atoms with Crippen LogP contribution in [-0.2, 0) is 6.42 Å². The van der Waals surface area contributed by atoms with Crippen LogP contribution in [0.25, 0.3) is 0 Å². The highest BCUT2D eigenvalue weighted by Crippen LogP contribution is 2.27. The van der Waals surface area contributed by atoms with Crippen LogP contribution in [-0.4, -0.2) is 0 Å². The lowest BCUT2D eigenvalue weighted by Crippen LogP contribution is -1.93. The van der Waals surface area contributed by atoms with Crippen LogP contribution in [0.3, 0.4) is 0 Å². The molecule has 0 N–H and O–H groups in total. The van der Waals surface area contributed by atoms with Crippen molar-refractivity contribution in [3.05, 3.63) is 59.7 Å². The van der Waals surface area contributed by atoms with Gasteiger partial charge in [-0.2, -0.15) is 5.26 Å². The zero-order valence-corrected chi connectivity index (χ0v) is 9.36. The van der Waals surface area contributed by atoms with E-state index in [1.54, 1.807) is 6.07 Å². The Bertz CT molecular complexity index is 605. The SMILES string of the molecule is N#CCc1ccc(F)c(Oc2ccccc2F)c1. The average molecular weight is 245 g/mol. The average Bonchev–Trinajstić information content (AvgIpc) is 2.36. The third-order valence-corrected chi connectivity index (χ3v) is 2.34. The number of benzene rings is 2. The monoisotopic (exact) mass is 245 g/mol. The predicted molar refractivity (Wildman–Crippen MR) is 62.2 cm³/mol. The van der Waals surface area contributed by atoms with Crippen LogP contribution in [0.2, 0.25) is 0 Å². The van der Waals surface area contributed by atoms with Gasteiger partial charge in [-0.15, -0.1) is 0 Å². The third-order valence-electron chi connectivity index (χ3n) is 2.34. The van der Waals surface area contributed by atoms with Crippen LogP contribution in [0.4, 0.5) is 8.78 Å². The Morgan fingerprint density at radius 1 is 1.00 bits per heavy atom. The molecule has 0 heterocycles. The van der Waals surface area contributed by atoms with E-state index < -0.39 is 11.6 Å². The molecule has 0 aliphatic rings. The molecule has 2 aromatic rings. The Kier molecular flexibility index (Phi) is 3.54. The fraction of sp³-hybridized carbons (Fsp3) is 0.0714. The van der Waals surface area contributed by atoms with Crippen LogP contribution in [0.1, 0.15) is 5.56 Å². The number of para-hydroxylation sites is 1. The molecule has 0 aliphatic heterocycles. The maximum atomic E-state index is 13.5.